The highest BCUT2D eigenvalue weighted by molar-refractivity contribution is 6.06. The van der Waals surface area contributed by atoms with Crippen molar-refractivity contribution in [3.63, 3.8) is 0 Å². The van der Waals surface area contributed by atoms with Crippen molar-refractivity contribution in [2.45, 2.75) is 78.0 Å². The molecule has 4 N–H and O–H groups in total. The fourth-order valence-electron chi connectivity index (χ4n) is 4.18. The summed E-state index contributed by atoms with van der Waals surface area (Å²) in [7, 11) is 0. The summed E-state index contributed by atoms with van der Waals surface area (Å²) >= 11 is 0. The fourth-order valence-corrected chi connectivity index (χ4v) is 4.18. The van der Waals surface area contributed by atoms with Gasteiger partial charge in [-0.1, -0.05) is 51.1 Å². The maximum absolute atomic E-state index is 13.6. The molecule has 2 atom stereocenters. The zero-order chi connectivity index (χ0) is 31.7. The first kappa shape index (κ1) is 36.0. The van der Waals surface area contributed by atoms with Gasteiger partial charge < -0.3 is 25.2 Å². The van der Waals surface area contributed by atoms with E-state index in [1.165, 1.54) is 12.1 Å². The van der Waals surface area contributed by atoms with E-state index >= 15 is 0 Å². The Balaban J connectivity index is 0.00000114. The Hall–Kier alpha value is -4.01. The number of halogens is 1. The number of aliphatic carboxylic acids is 1. The van der Waals surface area contributed by atoms with E-state index in [2.05, 4.69) is 25.4 Å². The van der Waals surface area contributed by atoms with E-state index in [9.17, 15) is 24.2 Å². The number of amides is 1. The standard InChI is InChI=1S/C27H31FN2O5.C4H8.C3H6/c1-17(2)26-23(27(35)29-20-6-4-3-5-7-20)16-24(18-8-10-19(28)11-9-18)30(26)13-12-21(31)14-22(32)15-25(33)34;1-3-4-2;1-3-2/h3-11,16-17,21-22,31-32H,12-15H2,1-2H3,(H,29,35)(H,33,34);3H,1,4H2,2H3;3H,1H2,2H3. The number of nitrogens with one attached hydrogen (secondary N) is 1. The molecule has 0 saturated heterocycles. The first-order valence-electron chi connectivity index (χ1n) is 14.1. The van der Waals surface area contributed by atoms with Gasteiger partial charge in [0.05, 0.1) is 24.2 Å². The van der Waals surface area contributed by atoms with E-state index < -0.39 is 24.6 Å². The molecule has 1 aromatic heterocycles. The number of rotatable bonds is 12. The Kier molecular flexibility index (Phi) is 16.4. The number of nitrogens with zero attached hydrogens (tertiary/aromatic N) is 1. The molecule has 3 rings (SSSR count). The van der Waals surface area contributed by atoms with Crippen LogP contribution in [0.2, 0.25) is 0 Å². The molecule has 0 bridgehead atoms. The van der Waals surface area contributed by atoms with Gasteiger partial charge in [-0.2, -0.15) is 0 Å². The highest BCUT2D eigenvalue weighted by atomic mass is 19.1. The molecule has 7 nitrogen and oxygen atoms in total. The lowest BCUT2D eigenvalue weighted by molar-refractivity contribution is -0.139. The largest absolute Gasteiger partial charge is 0.481 e. The smallest absolute Gasteiger partial charge is 0.305 e. The summed E-state index contributed by atoms with van der Waals surface area (Å²) in [6.07, 6.45) is 2.34. The average Bonchev–Trinajstić information content (AvgIpc) is 3.33. The van der Waals surface area contributed by atoms with Crippen molar-refractivity contribution >= 4 is 17.6 Å². The summed E-state index contributed by atoms with van der Waals surface area (Å²) in [6, 6.07) is 16.8. The molecule has 1 amide bonds. The SMILES string of the molecule is C=CC.C=CCC.CC(C)c1c(C(=O)Nc2ccccc2)cc(-c2ccc(F)cc2)n1CCC(O)CC(O)CC(=O)O. The Labute approximate surface area is 249 Å². The Bertz CT molecular complexity index is 1250. The summed E-state index contributed by atoms with van der Waals surface area (Å²) < 4.78 is 15.5. The summed E-state index contributed by atoms with van der Waals surface area (Å²) in [5.41, 5.74) is 3.31. The Morgan fingerprint density at radius 3 is 2.10 bits per heavy atom. The first-order valence-corrected chi connectivity index (χ1v) is 14.1. The molecule has 0 spiro atoms. The number of carboxylic acid groups (broad SMARTS) is 1. The molecule has 3 aromatic rings. The minimum atomic E-state index is -1.15. The van der Waals surface area contributed by atoms with Gasteiger partial charge in [0.25, 0.3) is 5.91 Å². The average molecular weight is 581 g/mol. The zero-order valence-electron chi connectivity index (χ0n) is 25.1. The number of aliphatic hydroxyl groups excluding tert-OH is 2. The number of carbonyl (C=O) groups excluding carboxylic acids is 1. The second-order valence-corrected chi connectivity index (χ2v) is 10.00. The van der Waals surface area contributed by atoms with Gasteiger partial charge >= 0.3 is 5.97 Å². The third kappa shape index (κ3) is 12.2. The van der Waals surface area contributed by atoms with Crippen LogP contribution < -0.4 is 5.32 Å². The number of aliphatic hydroxyl groups is 2. The number of aromatic nitrogens is 1. The maximum atomic E-state index is 13.6. The molecule has 2 unspecified atom stereocenters. The third-order valence-electron chi connectivity index (χ3n) is 6.03. The quantitative estimate of drug-likeness (QED) is 0.167. The summed E-state index contributed by atoms with van der Waals surface area (Å²) in [6.45, 7) is 15.0. The second-order valence-electron chi connectivity index (χ2n) is 10.00. The van der Waals surface area contributed by atoms with E-state index in [-0.39, 0.29) is 30.5 Å². The minimum Gasteiger partial charge on any atom is -0.481 e. The number of para-hydroxylation sites is 1. The molecule has 2 aromatic carbocycles. The number of hydrogen-bond donors (Lipinski definition) is 4. The summed E-state index contributed by atoms with van der Waals surface area (Å²) in [5.74, 6) is -1.83. The molecular weight excluding hydrogens is 535 g/mol. The minimum absolute atomic E-state index is 0.0459. The molecule has 0 saturated carbocycles. The number of hydrogen-bond acceptors (Lipinski definition) is 4. The lowest BCUT2D eigenvalue weighted by Gasteiger charge is -2.20. The molecular formula is C34H45FN2O5. The molecule has 0 aliphatic heterocycles. The monoisotopic (exact) mass is 580 g/mol. The van der Waals surface area contributed by atoms with Gasteiger partial charge in [0, 0.05) is 23.6 Å². The number of allylic oxidation sites excluding steroid dienone is 2. The van der Waals surface area contributed by atoms with Gasteiger partial charge in [-0.15, -0.1) is 13.2 Å². The molecule has 42 heavy (non-hydrogen) atoms. The van der Waals surface area contributed by atoms with E-state index in [0.717, 1.165) is 12.1 Å². The van der Waals surface area contributed by atoms with Crippen LogP contribution in [0, 0.1) is 5.82 Å². The van der Waals surface area contributed by atoms with Crippen molar-refractivity contribution in [1.29, 1.82) is 0 Å². The summed E-state index contributed by atoms with van der Waals surface area (Å²) in [4.78, 5) is 24.1. The predicted octanol–water partition coefficient (Wildman–Crippen LogP) is 7.42. The van der Waals surface area contributed by atoms with Gasteiger partial charge in [-0.05, 0) is 80.1 Å². The molecule has 0 aliphatic rings. The highest BCUT2D eigenvalue weighted by Crippen LogP contribution is 2.32. The van der Waals surface area contributed by atoms with E-state index in [4.69, 9.17) is 5.11 Å². The second kappa shape index (κ2) is 19.2. The summed E-state index contributed by atoms with van der Waals surface area (Å²) in [5, 5.41) is 32.1. The maximum Gasteiger partial charge on any atom is 0.305 e. The zero-order valence-corrected chi connectivity index (χ0v) is 25.1. The van der Waals surface area contributed by atoms with Crippen LogP contribution in [-0.2, 0) is 11.3 Å². The lowest BCUT2D eigenvalue weighted by atomic mass is 10.0. The predicted molar refractivity (Wildman–Crippen MR) is 168 cm³/mol. The van der Waals surface area contributed by atoms with Crippen molar-refractivity contribution in [1.82, 2.24) is 4.57 Å². The van der Waals surface area contributed by atoms with Gasteiger partial charge in [-0.3, -0.25) is 9.59 Å². The van der Waals surface area contributed by atoms with Crippen LogP contribution in [0.1, 0.15) is 75.3 Å². The van der Waals surface area contributed by atoms with Crippen molar-refractivity contribution in [2.24, 2.45) is 0 Å². The van der Waals surface area contributed by atoms with E-state index in [0.29, 0.717) is 29.1 Å². The molecule has 228 valence electrons. The van der Waals surface area contributed by atoms with Crippen LogP contribution in [0.25, 0.3) is 11.3 Å². The number of carboxylic acids is 1. The van der Waals surface area contributed by atoms with Crippen LogP contribution in [0.5, 0.6) is 0 Å². The fraction of sp³-hybridized carbons (Fsp3) is 0.353. The van der Waals surface area contributed by atoms with Crippen molar-refractivity contribution in [3.05, 3.63) is 103 Å². The van der Waals surface area contributed by atoms with Gasteiger partial charge in [0.15, 0.2) is 0 Å². The number of benzene rings is 2. The van der Waals surface area contributed by atoms with Crippen LogP contribution >= 0.6 is 0 Å². The number of carbonyl (C=O) groups is 2. The third-order valence-corrected chi connectivity index (χ3v) is 6.03. The topological polar surface area (TPSA) is 112 Å². The molecule has 0 fully saturated rings. The highest BCUT2D eigenvalue weighted by Gasteiger charge is 2.24. The van der Waals surface area contributed by atoms with Gasteiger partial charge in [0.1, 0.15) is 5.82 Å². The normalized spacial score (nSPS) is 11.7. The van der Waals surface area contributed by atoms with Gasteiger partial charge in [0.2, 0.25) is 0 Å². The van der Waals surface area contributed by atoms with Gasteiger partial charge in [-0.25, -0.2) is 4.39 Å². The Morgan fingerprint density at radius 2 is 1.60 bits per heavy atom. The van der Waals surface area contributed by atoms with E-state index in [1.54, 1.807) is 36.4 Å². The van der Waals surface area contributed by atoms with E-state index in [1.807, 2.05) is 49.6 Å². The number of anilines is 1. The van der Waals surface area contributed by atoms with Crippen molar-refractivity contribution in [3.8, 4) is 11.3 Å². The lowest BCUT2D eigenvalue weighted by Crippen LogP contribution is -2.22. The molecule has 0 radical (unpaired) electrons. The van der Waals surface area contributed by atoms with Crippen molar-refractivity contribution in [2.75, 3.05) is 5.32 Å². The molecule has 1 heterocycles. The Morgan fingerprint density at radius 1 is 1.02 bits per heavy atom. The van der Waals surface area contributed by atoms with Crippen molar-refractivity contribution < 1.29 is 29.3 Å². The molecule has 8 heteroatoms. The van der Waals surface area contributed by atoms with Crippen LogP contribution in [0.3, 0.4) is 0 Å². The molecule has 0 aliphatic carbocycles. The van der Waals surface area contributed by atoms with Crippen LogP contribution in [-0.4, -0.2) is 44.0 Å². The van der Waals surface area contributed by atoms with Crippen LogP contribution in [0.4, 0.5) is 10.1 Å². The van der Waals surface area contributed by atoms with Crippen LogP contribution in [0.15, 0.2) is 86.0 Å². The first-order chi connectivity index (χ1) is 20.0.